The van der Waals surface area contributed by atoms with Crippen LogP contribution in [0.1, 0.15) is 25.0 Å². The molecule has 3 rings (SSSR count). The van der Waals surface area contributed by atoms with Crippen LogP contribution < -0.4 is 4.90 Å². The third-order valence-electron chi connectivity index (χ3n) is 4.20. The highest BCUT2D eigenvalue weighted by molar-refractivity contribution is 7.13. The van der Waals surface area contributed by atoms with E-state index < -0.39 is 11.9 Å². The number of likely N-dealkylation sites (N-methyl/N-ethyl adjacent to an activating group) is 1. The Labute approximate surface area is 114 Å². The Kier molecular flexibility index (Phi) is 3.21. The topological polar surface area (TPSA) is 19.4 Å². The van der Waals surface area contributed by atoms with Gasteiger partial charge in [-0.1, -0.05) is 0 Å². The Morgan fingerprint density at radius 2 is 2.00 bits per heavy atom. The molecule has 1 aromatic rings. The lowest BCUT2D eigenvalue weighted by atomic mass is 10.1. The zero-order valence-corrected chi connectivity index (χ0v) is 11.5. The molecule has 2 saturated heterocycles. The Hall–Kier alpha value is -0.820. The first-order valence-corrected chi connectivity index (χ1v) is 7.32. The van der Waals surface area contributed by atoms with Crippen LogP contribution in [0.5, 0.6) is 0 Å². The van der Waals surface area contributed by atoms with Crippen molar-refractivity contribution in [3.63, 3.8) is 0 Å². The third kappa shape index (κ3) is 2.45. The molecule has 0 aliphatic carbocycles. The van der Waals surface area contributed by atoms with Crippen LogP contribution >= 0.6 is 11.3 Å². The summed E-state index contributed by atoms with van der Waals surface area (Å²) in [7, 11) is 2.12. The van der Waals surface area contributed by atoms with Crippen molar-refractivity contribution in [3.05, 3.63) is 11.1 Å². The fourth-order valence-electron chi connectivity index (χ4n) is 3.02. The van der Waals surface area contributed by atoms with Crippen molar-refractivity contribution in [2.75, 3.05) is 25.0 Å². The van der Waals surface area contributed by atoms with E-state index in [4.69, 9.17) is 0 Å². The molecule has 3 nitrogen and oxygen atoms in total. The van der Waals surface area contributed by atoms with Crippen LogP contribution in [0.2, 0.25) is 0 Å². The number of fused-ring (bicyclic) bond motifs is 2. The first kappa shape index (κ1) is 13.2. The summed E-state index contributed by atoms with van der Waals surface area (Å²) in [5, 5.41) is 1.62. The van der Waals surface area contributed by atoms with Gasteiger partial charge in [-0.2, -0.15) is 13.2 Å². The fraction of sp³-hybridized carbons (Fsp3) is 0.750. The average Bonchev–Trinajstić information content (AvgIpc) is 2.85. The number of aromatic nitrogens is 1. The largest absolute Gasteiger partial charge is 0.434 e. The van der Waals surface area contributed by atoms with E-state index in [1.54, 1.807) is 0 Å². The Morgan fingerprint density at radius 1 is 1.26 bits per heavy atom. The smallest absolute Gasteiger partial charge is 0.346 e. The van der Waals surface area contributed by atoms with Gasteiger partial charge in [-0.05, 0) is 26.3 Å². The summed E-state index contributed by atoms with van der Waals surface area (Å²) in [6.45, 7) is 1.59. The Balaban J connectivity index is 1.78. The summed E-state index contributed by atoms with van der Waals surface area (Å²) in [6.07, 6.45) is -0.986. The van der Waals surface area contributed by atoms with Gasteiger partial charge in [-0.15, -0.1) is 11.3 Å². The van der Waals surface area contributed by atoms with E-state index in [0.29, 0.717) is 17.2 Å². The molecule has 0 spiro atoms. The first-order chi connectivity index (χ1) is 8.95. The molecule has 2 fully saturated rings. The Bertz CT molecular complexity index is 459. The van der Waals surface area contributed by atoms with Gasteiger partial charge in [0, 0.05) is 30.6 Å². The van der Waals surface area contributed by atoms with Gasteiger partial charge in [-0.25, -0.2) is 4.98 Å². The number of rotatable bonds is 1. The van der Waals surface area contributed by atoms with E-state index >= 15 is 0 Å². The number of thiazole rings is 1. The predicted molar refractivity (Wildman–Crippen MR) is 68.5 cm³/mol. The van der Waals surface area contributed by atoms with Crippen molar-refractivity contribution in [1.29, 1.82) is 0 Å². The van der Waals surface area contributed by atoms with E-state index in [9.17, 15) is 13.2 Å². The molecular formula is C12H16F3N3S. The second kappa shape index (κ2) is 4.63. The highest BCUT2D eigenvalue weighted by atomic mass is 32.1. The van der Waals surface area contributed by atoms with Crippen molar-refractivity contribution in [2.45, 2.75) is 37.5 Å². The van der Waals surface area contributed by atoms with Crippen molar-refractivity contribution in [3.8, 4) is 0 Å². The second-order valence-corrected chi connectivity index (χ2v) is 6.13. The highest BCUT2D eigenvalue weighted by Crippen LogP contribution is 2.35. The van der Waals surface area contributed by atoms with Gasteiger partial charge in [0.2, 0.25) is 0 Å². The molecule has 7 heteroatoms. The standard InChI is InChI=1S/C12H16F3N3S/c1-17-8-2-3-9(17)6-18(5-4-8)11-16-10(7-19-11)12(13,14)15/h7-9H,2-6H2,1H3. The van der Waals surface area contributed by atoms with E-state index in [1.807, 2.05) is 4.90 Å². The lowest BCUT2D eigenvalue weighted by Gasteiger charge is -2.25. The maximum atomic E-state index is 12.6. The zero-order valence-electron chi connectivity index (χ0n) is 10.7. The number of hydrogen-bond acceptors (Lipinski definition) is 4. The molecule has 1 aromatic heterocycles. The number of alkyl halides is 3. The second-order valence-electron chi connectivity index (χ2n) is 5.30. The van der Waals surface area contributed by atoms with E-state index in [-0.39, 0.29) is 0 Å². The maximum Gasteiger partial charge on any atom is 0.434 e. The molecule has 0 N–H and O–H groups in total. The third-order valence-corrected chi connectivity index (χ3v) is 5.10. The summed E-state index contributed by atoms with van der Waals surface area (Å²) in [5.74, 6) is 0. The molecule has 0 aromatic carbocycles. The molecule has 106 valence electrons. The minimum absolute atomic E-state index is 0.450. The van der Waals surface area contributed by atoms with Crippen LogP contribution in [-0.2, 0) is 6.18 Å². The van der Waals surface area contributed by atoms with Crippen LogP contribution in [0, 0.1) is 0 Å². The van der Waals surface area contributed by atoms with Crippen molar-refractivity contribution >= 4 is 16.5 Å². The first-order valence-electron chi connectivity index (χ1n) is 6.45. The van der Waals surface area contributed by atoms with E-state index in [0.717, 1.165) is 42.6 Å². The average molecular weight is 291 g/mol. The summed E-state index contributed by atoms with van der Waals surface area (Å²) < 4.78 is 37.7. The predicted octanol–water partition coefficient (Wildman–Crippen LogP) is 2.83. The molecule has 2 atom stereocenters. The number of hydrogen-bond donors (Lipinski definition) is 0. The van der Waals surface area contributed by atoms with Gasteiger partial charge in [0.15, 0.2) is 10.8 Å². The molecule has 2 aliphatic rings. The van der Waals surface area contributed by atoms with E-state index in [2.05, 4.69) is 16.9 Å². The molecule has 3 heterocycles. The maximum absolute atomic E-state index is 12.6. The fourth-order valence-corrected chi connectivity index (χ4v) is 3.89. The molecule has 2 aliphatic heterocycles. The van der Waals surface area contributed by atoms with Gasteiger partial charge < -0.3 is 4.90 Å². The summed E-state index contributed by atoms with van der Waals surface area (Å²) in [6, 6.07) is 1.03. The number of halogens is 3. The quantitative estimate of drug-likeness (QED) is 0.793. The van der Waals surface area contributed by atoms with Crippen molar-refractivity contribution in [2.24, 2.45) is 0 Å². The number of anilines is 1. The highest BCUT2D eigenvalue weighted by Gasteiger charge is 2.37. The molecular weight excluding hydrogens is 275 g/mol. The minimum Gasteiger partial charge on any atom is -0.346 e. The molecule has 0 amide bonds. The lowest BCUT2D eigenvalue weighted by Crippen LogP contribution is -2.36. The van der Waals surface area contributed by atoms with Crippen molar-refractivity contribution in [1.82, 2.24) is 9.88 Å². The van der Waals surface area contributed by atoms with Crippen LogP contribution in [-0.4, -0.2) is 42.1 Å². The molecule has 19 heavy (non-hydrogen) atoms. The van der Waals surface area contributed by atoms with Gasteiger partial charge >= 0.3 is 6.18 Å². The van der Waals surface area contributed by atoms with Gasteiger partial charge in [-0.3, -0.25) is 4.90 Å². The Morgan fingerprint density at radius 3 is 2.68 bits per heavy atom. The molecule has 0 radical (unpaired) electrons. The minimum atomic E-state index is -4.34. The monoisotopic (exact) mass is 291 g/mol. The van der Waals surface area contributed by atoms with E-state index in [1.165, 1.54) is 6.42 Å². The van der Waals surface area contributed by atoms with Crippen LogP contribution in [0.3, 0.4) is 0 Å². The summed E-state index contributed by atoms with van der Waals surface area (Å²) >= 11 is 1.10. The molecule has 2 unspecified atom stereocenters. The van der Waals surface area contributed by atoms with Gasteiger partial charge in [0.1, 0.15) is 0 Å². The van der Waals surface area contributed by atoms with Crippen LogP contribution in [0.4, 0.5) is 18.3 Å². The number of nitrogens with zero attached hydrogens (tertiary/aromatic N) is 3. The van der Waals surface area contributed by atoms with Gasteiger partial charge in [0.05, 0.1) is 0 Å². The van der Waals surface area contributed by atoms with Crippen molar-refractivity contribution < 1.29 is 13.2 Å². The summed E-state index contributed by atoms with van der Waals surface area (Å²) in [5.41, 5.74) is -0.768. The molecule has 0 saturated carbocycles. The van der Waals surface area contributed by atoms with Crippen LogP contribution in [0.15, 0.2) is 5.38 Å². The van der Waals surface area contributed by atoms with Crippen LogP contribution in [0.25, 0.3) is 0 Å². The SMILES string of the molecule is CN1C2CCC1CN(c1nc(C(F)(F)F)cs1)CC2. The zero-order chi connectivity index (χ0) is 13.6. The van der Waals surface area contributed by atoms with Gasteiger partial charge in [0.25, 0.3) is 0 Å². The normalized spacial score (nSPS) is 28.7. The lowest BCUT2D eigenvalue weighted by molar-refractivity contribution is -0.140. The summed E-state index contributed by atoms with van der Waals surface area (Å²) in [4.78, 5) is 8.14. The molecule has 2 bridgehead atoms.